The molecule has 1 unspecified atom stereocenters. The maximum Gasteiger partial charge on any atom is 0.235 e. The molecule has 0 fully saturated rings. The van der Waals surface area contributed by atoms with Crippen molar-refractivity contribution in [3.8, 4) is 0 Å². The Hall–Kier alpha value is -2.08. The third-order valence-corrected chi connectivity index (χ3v) is 2.99. The van der Waals surface area contributed by atoms with Gasteiger partial charge in [0.25, 0.3) is 0 Å². The van der Waals surface area contributed by atoms with E-state index in [0.717, 1.165) is 12.8 Å². The molecule has 116 valence electrons. The van der Waals surface area contributed by atoms with E-state index in [1.165, 1.54) is 0 Å². The van der Waals surface area contributed by atoms with E-state index in [1.807, 2.05) is 6.07 Å². The predicted molar refractivity (Wildman–Crippen MR) is 81.3 cm³/mol. The molecule has 1 aromatic carbocycles. The first-order chi connectivity index (χ1) is 10.2. The molecule has 0 aromatic heterocycles. The molecule has 1 amide bonds. The Morgan fingerprint density at radius 2 is 2.10 bits per heavy atom. The highest BCUT2D eigenvalue weighted by Crippen LogP contribution is 2.15. The second kappa shape index (κ2) is 9.77. The van der Waals surface area contributed by atoms with Crippen molar-refractivity contribution in [3.63, 3.8) is 0 Å². The first kappa shape index (κ1) is 17.0. The minimum atomic E-state index is -0.799. The highest BCUT2D eigenvalue weighted by molar-refractivity contribution is 6.07. The third-order valence-electron chi connectivity index (χ3n) is 2.99. The summed E-state index contributed by atoms with van der Waals surface area (Å²) in [6.45, 7) is 3.62. The van der Waals surface area contributed by atoms with Gasteiger partial charge in [0.15, 0.2) is 5.84 Å². The first-order valence-corrected chi connectivity index (χ1v) is 7.08. The van der Waals surface area contributed by atoms with Crippen molar-refractivity contribution in [2.75, 3.05) is 19.8 Å². The molecule has 0 heterocycles. The normalized spacial score (nSPS) is 12.9. The summed E-state index contributed by atoms with van der Waals surface area (Å²) >= 11 is 0. The summed E-state index contributed by atoms with van der Waals surface area (Å²) in [6.07, 6.45) is 2.08. The lowest BCUT2D eigenvalue weighted by Gasteiger charge is -2.16. The molecule has 6 heteroatoms. The number of amidine groups is 1. The number of hydrogen-bond donors (Lipinski definition) is 3. The number of unbranched alkanes of at least 4 members (excludes halogenated alkanes) is 1. The summed E-state index contributed by atoms with van der Waals surface area (Å²) in [5, 5.41) is 14.5. The zero-order chi connectivity index (χ0) is 15.5. The van der Waals surface area contributed by atoms with Gasteiger partial charge in [-0.25, -0.2) is 0 Å². The molecule has 0 aliphatic carbocycles. The topological polar surface area (TPSA) is 96.9 Å². The third kappa shape index (κ3) is 5.83. The van der Waals surface area contributed by atoms with Crippen molar-refractivity contribution in [2.45, 2.75) is 25.7 Å². The first-order valence-electron chi connectivity index (χ1n) is 7.08. The Morgan fingerprint density at radius 1 is 1.38 bits per heavy atom. The van der Waals surface area contributed by atoms with Crippen LogP contribution in [0.1, 0.15) is 31.2 Å². The van der Waals surface area contributed by atoms with Gasteiger partial charge in [-0.1, -0.05) is 48.8 Å². The molecule has 4 N–H and O–H groups in total. The molecule has 0 saturated heterocycles. The number of nitrogens with zero attached hydrogens (tertiary/aromatic N) is 1. The van der Waals surface area contributed by atoms with E-state index >= 15 is 0 Å². The van der Waals surface area contributed by atoms with Gasteiger partial charge in [0.2, 0.25) is 5.91 Å². The predicted octanol–water partition coefficient (Wildman–Crippen LogP) is 1.45. The monoisotopic (exact) mass is 293 g/mol. The molecule has 0 bridgehead atoms. The number of hydrogen-bond acceptors (Lipinski definition) is 4. The molecule has 1 rings (SSSR count). The SMILES string of the molecule is CCCCOCCNC(=O)C(C(N)=NO)c1ccccc1. The van der Waals surface area contributed by atoms with Crippen molar-refractivity contribution in [2.24, 2.45) is 10.9 Å². The van der Waals surface area contributed by atoms with Gasteiger partial charge in [-0.3, -0.25) is 4.79 Å². The van der Waals surface area contributed by atoms with Gasteiger partial charge in [0.1, 0.15) is 5.92 Å². The Morgan fingerprint density at radius 3 is 2.71 bits per heavy atom. The summed E-state index contributed by atoms with van der Waals surface area (Å²) in [6, 6.07) is 8.97. The summed E-state index contributed by atoms with van der Waals surface area (Å²) in [5.74, 6) is -1.24. The summed E-state index contributed by atoms with van der Waals surface area (Å²) < 4.78 is 5.37. The average molecular weight is 293 g/mol. The van der Waals surface area contributed by atoms with Gasteiger partial charge in [0.05, 0.1) is 6.61 Å². The molecule has 0 radical (unpaired) electrons. The second-order valence-corrected chi connectivity index (χ2v) is 4.63. The minimum Gasteiger partial charge on any atom is -0.409 e. The second-order valence-electron chi connectivity index (χ2n) is 4.63. The van der Waals surface area contributed by atoms with Crippen molar-refractivity contribution >= 4 is 11.7 Å². The van der Waals surface area contributed by atoms with Crippen LogP contribution in [0.3, 0.4) is 0 Å². The van der Waals surface area contributed by atoms with Gasteiger partial charge in [-0.05, 0) is 12.0 Å². The van der Waals surface area contributed by atoms with E-state index in [-0.39, 0.29) is 11.7 Å². The highest BCUT2D eigenvalue weighted by Gasteiger charge is 2.24. The molecule has 0 spiro atoms. The number of ether oxygens (including phenoxy) is 1. The van der Waals surface area contributed by atoms with Gasteiger partial charge in [-0.2, -0.15) is 0 Å². The smallest absolute Gasteiger partial charge is 0.235 e. The highest BCUT2D eigenvalue weighted by atomic mass is 16.5. The van der Waals surface area contributed by atoms with Crippen LogP contribution < -0.4 is 11.1 Å². The van der Waals surface area contributed by atoms with E-state index in [4.69, 9.17) is 15.7 Å². The summed E-state index contributed by atoms with van der Waals surface area (Å²) in [5.41, 5.74) is 6.31. The molecular weight excluding hydrogens is 270 g/mol. The van der Waals surface area contributed by atoms with E-state index in [1.54, 1.807) is 24.3 Å². The largest absolute Gasteiger partial charge is 0.409 e. The Kier molecular flexibility index (Phi) is 7.89. The van der Waals surface area contributed by atoms with Crippen molar-refractivity contribution in [3.05, 3.63) is 35.9 Å². The molecule has 0 aliphatic rings. The van der Waals surface area contributed by atoms with E-state index in [2.05, 4.69) is 17.4 Å². The number of rotatable bonds is 9. The molecule has 0 saturated carbocycles. The number of carbonyl (C=O) groups is 1. The van der Waals surface area contributed by atoms with Gasteiger partial charge < -0.3 is 21.0 Å². The average Bonchev–Trinajstić information content (AvgIpc) is 2.51. The van der Waals surface area contributed by atoms with Gasteiger partial charge in [0, 0.05) is 13.2 Å². The molecule has 1 atom stereocenters. The lowest BCUT2D eigenvalue weighted by atomic mass is 9.97. The molecular formula is C15H23N3O3. The van der Waals surface area contributed by atoms with Crippen LogP contribution in [0, 0.1) is 0 Å². The lowest BCUT2D eigenvalue weighted by molar-refractivity contribution is -0.121. The quantitative estimate of drug-likeness (QED) is 0.211. The molecule has 6 nitrogen and oxygen atoms in total. The van der Waals surface area contributed by atoms with E-state index in [0.29, 0.717) is 25.3 Å². The van der Waals surface area contributed by atoms with Crippen LogP contribution >= 0.6 is 0 Å². The zero-order valence-electron chi connectivity index (χ0n) is 12.3. The number of benzene rings is 1. The maximum atomic E-state index is 12.2. The fourth-order valence-corrected chi connectivity index (χ4v) is 1.86. The number of carbonyl (C=O) groups excluding carboxylic acids is 1. The van der Waals surface area contributed by atoms with Crippen molar-refractivity contribution in [1.29, 1.82) is 0 Å². The van der Waals surface area contributed by atoms with E-state index < -0.39 is 5.92 Å². The van der Waals surface area contributed by atoms with Gasteiger partial charge >= 0.3 is 0 Å². The van der Waals surface area contributed by atoms with Gasteiger partial charge in [-0.15, -0.1) is 0 Å². The summed E-state index contributed by atoms with van der Waals surface area (Å²) in [4.78, 5) is 12.2. The van der Waals surface area contributed by atoms with Crippen LogP contribution in [0.4, 0.5) is 0 Å². The standard InChI is InChI=1S/C15H23N3O3/c1-2-3-10-21-11-9-17-15(19)13(14(16)18-20)12-7-5-4-6-8-12/h4-8,13,20H,2-3,9-11H2,1H3,(H2,16,18)(H,17,19). The number of nitrogens with one attached hydrogen (secondary N) is 1. The van der Waals surface area contributed by atoms with Crippen LogP contribution in [0.25, 0.3) is 0 Å². The number of nitrogens with two attached hydrogens (primary N) is 1. The number of amides is 1. The zero-order valence-corrected chi connectivity index (χ0v) is 12.3. The van der Waals surface area contributed by atoms with Crippen LogP contribution in [0.15, 0.2) is 35.5 Å². The molecule has 1 aromatic rings. The van der Waals surface area contributed by atoms with Crippen LogP contribution in [0.2, 0.25) is 0 Å². The van der Waals surface area contributed by atoms with E-state index in [9.17, 15) is 4.79 Å². The van der Waals surface area contributed by atoms with Crippen LogP contribution in [0.5, 0.6) is 0 Å². The fourth-order valence-electron chi connectivity index (χ4n) is 1.86. The molecule has 0 aliphatic heterocycles. The van der Waals surface area contributed by atoms with Crippen LogP contribution in [-0.4, -0.2) is 36.7 Å². The fraction of sp³-hybridized carbons (Fsp3) is 0.467. The van der Waals surface area contributed by atoms with Crippen molar-refractivity contribution < 1.29 is 14.7 Å². The minimum absolute atomic E-state index is 0.134. The lowest BCUT2D eigenvalue weighted by Crippen LogP contribution is -2.38. The Balaban J connectivity index is 2.54. The molecule has 21 heavy (non-hydrogen) atoms. The maximum absolute atomic E-state index is 12.2. The van der Waals surface area contributed by atoms with Crippen LogP contribution in [-0.2, 0) is 9.53 Å². The van der Waals surface area contributed by atoms with Crippen molar-refractivity contribution in [1.82, 2.24) is 5.32 Å². The Labute approximate surface area is 125 Å². The summed E-state index contributed by atoms with van der Waals surface area (Å²) in [7, 11) is 0. The Bertz CT molecular complexity index is 449. The number of oxime groups is 1.